The van der Waals surface area contributed by atoms with Gasteiger partial charge in [0.15, 0.2) is 0 Å². The molecule has 7 nitrogen and oxygen atoms in total. The van der Waals surface area contributed by atoms with Crippen molar-refractivity contribution in [1.82, 2.24) is 0 Å². The van der Waals surface area contributed by atoms with E-state index in [0.29, 0.717) is 23.6 Å². The lowest BCUT2D eigenvalue weighted by molar-refractivity contribution is -0.137. The fraction of sp³-hybridized carbons (Fsp3) is 0.333. The quantitative estimate of drug-likeness (QED) is 0.756. The molecule has 2 aromatic carbocycles. The number of hydrogen-bond acceptors (Lipinski definition) is 5. The summed E-state index contributed by atoms with van der Waals surface area (Å²) in [6, 6.07) is 12.6. The van der Waals surface area contributed by atoms with E-state index in [0.717, 1.165) is 17.8 Å². The Labute approximate surface area is 176 Å². The average Bonchev–Trinajstić information content (AvgIpc) is 3.01. The molecule has 0 spiro atoms. The van der Waals surface area contributed by atoms with Crippen LogP contribution < -0.4 is 19.3 Å². The number of carboxylic acids is 1. The molecule has 2 aromatic rings. The maximum Gasteiger partial charge on any atom is 0.419 e. The highest BCUT2D eigenvalue weighted by Gasteiger charge is 2.27. The van der Waals surface area contributed by atoms with Crippen LogP contribution in [-0.2, 0) is 4.79 Å². The van der Waals surface area contributed by atoms with Gasteiger partial charge in [-0.1, -0.05) is 6.07 Å². The van der Waals surface area contributed by atoms with E-state index in [9.17, 15) is 9.59 Å². The van der Waals surface area contributed by atoms with Gasteiger partial charge in [0.1, 0.15) is 11.5 Å². The summed E-state index contributed by atoms with van der Waals surface area (Å²) in [5.41, 5.74) is 2.75. The van der Waals surface area contributed by atoms with Crippen molar-refractivity contribution >= 4 is 35.8 Å². The van der Waals surface area contributed by atoms with Crippen molar-refractivity contribution < 1.29 is 24.2 Å². The summed E-state index contributed by atoms with van der Waals surface area (Å²) in [5.74, 6) is 0.547. The maximum atomic E-state index is 12.5. The van der Waals surface area contributed by atoms with Crippen LogP contribution in [0, 0.1) is 0 Å². The molecule has 1 aliphatic heterocycles. The van der Waals surface area contributed by atoms with Crippen LogP contribution in [0.3, 0.4) is 0 Å². The Morgan fingerprint density at radius 3 is 2.45 bits per heavy atom. The second kappa shape index (κ2) is 9.52. The molecule has 0 bridgehead atoms. The molecule has 1 amide bonds. The third-order valence-electron chi connectivity index (χ3n) is 4.99. The number of benzene rings is 2. The van der Waals surface area contributed by atoms with E-state index in [1.165, 1.54) is 4.90 Å². The standard InChI is InChI=1S/C21H24N2O5.ClH/c1-22-13-14(4-11-20(24)25)18-10-9-17(12-19(18)22)28-21(26)23(2)15-5-7-16(27-3)8-6-15;/h5-10,12,14H,4,11,13H2,1-3H3,(H,24,25);1H. The molecule has 0 radical (unpaired) electrons. The SMILES string of the molecule is COc1ccc(N(C)C(=O)Oc2ccc3c(c2)N(C)CC3CCC(=O)O)cc1.Cl. The summed E-state index contributed by atoms with van der Waals surface area (Å²) in [5, 5.41) is 8.92. The number of ether oxygens (including phenoxy) is 2. The molecule has 0 saturated heterocycles. The Hall–Kier alpha value is -2.93. The predicted octanol–water partition coefficient (Wildman–Crippen LogP) is 4.15. The van der Waals surface area contributed by atoms with E-state index in [1.807, 2.05) is 19.2 Å². The summed E-state index contributed by atoms with van der Waals surface area (Å²) in [6.45, 7) is 0.756. The molecule has 1 unspecified atom stereocenters. The Morgan fingerprint density at radius 1 is 1.17 bits per heavy atom. The third kappa shape index (κ3) is 5.12. The minimum Gasteiger partial charge on any atom is -0.497 e. The summed E-state index contributed by atoms with van der Waals surface area (Å²) >= 11 is 0. The number of carbonyl (C=O) groups is 2. The highest BCUT2D eigenvalue weighted by Crippen LogP contribution is 2.40. The number of carbonyl (C=O) groups excluding carboxylic acids is 1. The number of aliphatic carboxylic acids is 1. The number of likely N-dealkylation sites (N-methyl/N-ethyl adjacent to an activating group) is 1. The molecule has 8 heteroatoms. The summed E-state index contributed by atoms with van der Waals surface area (Å²) in [7, 11) is 5.18. The Morgan fingerprint density at radius 2 is 1.83 bits per heavy atom. The van der Waals surface area contributed by atoms with Gasteiger partial charge in [0.05, 0.1) is 7.11 Å². The van der Waals surface area contributed by atoms with Gasteiger partial charge in [0.2, 0.25) is 0 Å². The first kappa shape index (κ1) is 22.4. The molecule has 156 valence electrons. The van der Waals surface area contributed by atoms with Gasteiger partial charge in [-0.15, -0.1) is 12.4 Å². The van der Waals surface area contributed by atoms with E-state index in [4.69, 9.17) is 14.6 Å². The van der Waals surface area contributed by atoms with Crippen LogP contribution in [0.5, 0.6) is 11.5 Å². The Bertz CT molecular complexity index is 872. The summed E-state index contributed by atoms with van der Waals surface area (Å²) in [6.07, 6.45) is 0.237. The molecular weight excluding hydrogens is 396 g/mol. The zero-order valence-corrected chi connectivity index (χ0v) is 17.4. The Balaban J connectivity index is 0.00000300. The van der Waals surface area contributed by atoms with Crippen molar-refractivity contribution in [3.63, 3.8) is 0 Å². The van der Waals surface area contributed by atoms with Crippen LogP contribution in [-0.4, -0.2) is 44.9 Å². The summed E-state index contributed by atoms with van der Waals surface area (Å²) < 4.78 is 10.7. The maximum absolute atomic E-state index is 12.5. The molecule has 1 N–H and O–H groups in total. The van der Waals surface area contributed by atoms with E-state index in [2.05, 4.69) is 4.90 Å². The Kier molecular flexibility index (Phi) is 7.34. The van der Waals surface area contributed by atoms with Crippen molar-refractivity contribution in [3.05, 3.63) is 48.0 Å². The van der Waals surface area contributed by atoms with Crippen molar-refractivity contribution in [2.75, 3.05) is 37.5 Å². The van der Waals surface area contributed by atoms with Gasteiger partial charge in [0, 0.05) is 50.4 Å². The van der Waals surface area contributed by atoms with Gasteiger partial charge in [-0.25, -0.2) is 4.79 Å². The fourth-order valence-corrected chi connectivity index (χ4v) is 3.42. The molecule has 1 atom stereocenters. The minimum absolute atomic E-state index is 0. The molecule has 3 rings (SSSR count). The van der Waals surface area contributed by atoms with E-state index < -0.39 is 12.1 Å². The van der Waals surface area contributed by atoms with Gasteiger partial charge in [-0.05, 0) is 42.3 Å². The number of nitrogens with zero attached hydrogens (tertiary/aromatic N) is 2. The second-order valence-electron chi connectivity index (χ2n) is 6.86. The van der Waals surface area contributed by atoms with Gasteiger partial charge in [0.25, 0.3) is 0 Å². The van der Waals surface area contributed by atoms with E-state index in [-0.39, 0.29) is 24.7 Å². The lowest BCUT2D eigenvalue weighted by Gasteiger charge is -2.18. The monoisotopic (exact) mass is 420 g/mol. The number of hydrogen-bond donors (Lipinski definition) is 1. The topological polar surface area (TPSA) is 79.3 Å². The number of anilines is 2. The molecule has 1 aliphatic rings. The van der Waals surface area contributed by atoms with Gasteiger partial charge in [-0.2, -0.15) is 0 Å². The molecule has 0 fully saturated rings. The fourth-order valence-electron chi connectivity index (χ4n) is 3.42. The molecule has 0 aliphatic carbocycles. The summed E-state index contributed by atoms with van der Waals surface area (Å²) in [4.78, 5) is 26.8. The van der Waals surface area contributed by atoms with Crippen molar-refractivity contribution in [3.8, 4) is 11.5 Å². The van der Waals surface area contributed by atoms with Gasteiger partial charge >= 0.3 is 12.1 Å². The van der Waals surface area contributed by atoms with Crippen LogP contribution in [0.25, 0.3) is 0 Å². The van der Waals surface area contributed by atoms with Crippen LogP contribution >= 0.6 is 12.4 Å². The molecular formula is C21H25ClN2O5. The van der Waals surface area contributed by atoms with Crippen LogP contribution in [0.4, 0.5) is 16.2 Å². The second-order valence-corrected chi connectivity index (χ2v) is 6.86. The molecule has 29 heavy (non-hydrogen) atoms. The number of halogens is 1. The number of fused-ring (bicyclic) bond motifs is 1. The number of amides is 1. The predicted molar refractivity (Wildman–Crippen MR) is 114 cm³/mol. The van der Waals surface area contributed by atoms with Crippen molar-refractivity contribution in [1.29, 1.82) is 0 Å². The van der Waals surface area contributed by atoms with Crippen molar-refractivity contribution in [2.45, 2.75) is 18.8 Å². The smallest absolute Gasteiger partial charge is 0.419 e. The minimum atomic E-state index is -0.789. The normalized spacial score (nSPS) is 14.6. The number of rotatable bonds is 6. The number of carboxylic acid groups (broad SMARTS) is 1. The molecule has 0 saturated carbocycles. The molecule has 1 heterocycles. The lowest BCUT2D eigenvalue weighted by Crippen LogP contribution is -2.29. The first-order chi connectivity index (χ1) is 13.4. The molecule has 0 aromatic heterocycles. The highest BCUT2D eigenvalue weighted by molar-refractivity contribution is 5.88. The first-order valence-electron chi connectivity index (χ1n) is 9.05. The van der Waals surface area contributed by atoms with E-state index in [1.54, 1.807) is 44.5 Å². The van der Waals surface area contributed by atoms with Crippen molar-refractivity contribution in [2.24, 2.45) is 0 Å². The van der Waals surface area contributed by atoms with Gasteiger partial charge in [-0.3, -0.25) is 9.69 Å². The zero-order valence-electron chi connectivity index (χ0n) is 16.6. The average molecular weight is 421 g/mol. The van der Waals surface area contributed by atoms with Gasteiger partial charge < -0.3 is 19.5 Å². The zero-order chi connectivity index (χ0) is 20.3. The lowest BCUT2D eigenvalue weighted by atomic mass is 9.96. The van der Waals surface area contributed by atoms with Crippen LogP contribution in [0.1, 0.15) is 24.3 Å². The first-order valence-corrected chi connectivity index (χ1v) is 9.05. The number of methoxy groups -OCH3 is 1. The van der Waals surface area contributed by atoms with Crippen LogP contribution in [0.15, 0.2) is 42.5 Å². The third-order valence-corrected chi connectivity index (χ3v) is 4.99. The van der Waals surface area contributed by atoms with Crippen LogP contribution in [0.2, 0.25) is 0 Å². The largest absolute Gasteiger partial charge is 0.497 e. The highest BCUT2D eigenvalue weighted by atomic mass is 35.5. The van der Waals surface area contributed by atoms with E-state index >= 15 is 0 Å².